The molecule has 33 heavy (non-hydrogen) atoms. The molecule has 0 aliphatic heterocycles. The molecule has 0 bridgehead atoms. The Bertz CT molecular complexity index is 1410. The summed E-state index contributed by atoms with van der Waals surface area (Å²) in [7, 11) is 0. The van der Waals surface area contributed by atoms with Crippen molar-refractivity contribution in [3.05, 3.63) is 98.4 Å². The summed E-state index contributed by atoms with van der Waals surface area (Å²) in [5.74, 6) is -1.55. The van der Waals surface area contributed by atoms with Gasteiger partial charge in [-0.3, -0.25) is 14.2 Å². The molecule has 1 amide bonds. The molecule has 4 rings (SSSR count). The summed E-state index contributed by atoms with van der Waals surface area (Å²) in [5, 5.41) is 2.44. The predicted molar refractivity (Wildman–Crippen MR) is 126 cm³/mol. The number of carbonyl (C=O) groups excluding carboxylic acids is 1. The number of anilines is 2. The Morgan fingerprint density at radius 1 is 1.03 bits per heavy atom. The Morgan fingerprint density at radius 3 is 2.52 bits per heavy atom. The van der Waals surface area contributed by atoms with Gasteiger partial charge in [-0.25, -0.2) is 18.7 Å². The minimum atomic E-state index is -0.832. The van der Waals surface area contributed by atoms with E-state index in [0.717, 1.165) is 10.6 Å². The third kappa shape index (κ3) is 4.82. The van der Waals surface area contributed by atoms with Gasteiger partial charge in [-0.05, 0) is 59.0 Å². The zero-order valence-corrected chi connectivity index (χ0v) is 18.8. The van der Waals surface area contributed by atoms with Crippen LogP contribution in [0.5, 0.6) is 11.5 Å². The van der Waals surface area contributed by atoms with Gasteiger partial charge < -0.3 is 15.8 Å². The second-order valence-electron chi connectivity index (χ2n) is 6.64. The molecular weight excluding hydrogens is 547 g/mol. The summed E-state index contributed by atoms with van der Waals surface area (Å²) >= 11 is 1.93. The molecule has 2 aromatic carbocycles. The lowest BCUT2D eigenvalue weighted by atomic mass is 10.2. The molecule has 0 radical (unpaired) electrons. The van der Waals surface area contributed by atoms with Crippen molar-refractivity contribution in [3.63, 3.8) is 0 Å². The van der Waals surface area contributed by atoms with E-state index in [0.29, 0.717) is 15.0 Å². The van der Waals surface area contributed by atoms with Crippen molar-refractivity contribution in [2.24, 2.45) is 0 Å². The molecule has 0 aliphatic rings. The topological polar surface area (TPSA) is 112 Å². The number of amides is 1. The van der Waals surface area contributed by atoms with Crippen molar-refractivity contribution in [1.29, 1.82) is 0 Å². The van der Waals surface area contributed by atoms with Crippen molar-refractivity contribution in [3.8, 4) is 17.2 Å². The highest BCUT2D eigenvalue weighted by Crippen LogP contribution is 2.31. The molecular formula is C22H14F2IN5O3. The quantitative estimate of drug-likeness (QED) is 0.355. The third-order valence-electron chi connectivity index (χ3n) is 4.45. The lowest BCUT2D eigenvalue weighted by Gasteiger charge is -2.11. The average Bonchev–Trinajstić information content (AvgIpc) is 2.79. The Kier molecular flexibility index (Phi) is 6.31. The Balaban J connectivity index is 1.55. The van der Waals surface area contributed by atoms with Crippen LogP contribution < -0.4 is 21.3 Å². The van der Waals surface area contributed by atoms with Gasteiger partial charge in [0, 0.05) is 42.1 Å². The minimum absolute atomic E-state index is 0.0898. The number of nitrogens with one attached hydrogen (secondary N) is 1. The van der Waals surface area contributed by atoms with Gasteiger partial charge in [-0.2, -0.15) is 0 Å². The predicted octanol–water partition coefficient (Wildman–Crippen LogP) is 4.14. The standard InChI is InChI=1S/C22H14F2IN5O3/c23-12-1-4-14(5-2-12)30-10-9-27-19(22(30)32)21(31)29-13-3-6-16(15(24)11-13)33-17-7-8-28-20(26)18(17)25/h1-11H,(H2,26,28)(H,29,31). The molecule has 0 saturated carbocycles. The van der Waals surface area contributed by atoms with E-state index in [1.54, 1.807) is 6.07 Å². The van der Waals surface area contributed by atoms with Gasteiger partial charge in [-0.15, -0.1) is 0 Å². The average molecular weight is 561 g/mol. The highest BCUT2D eigenvalue weighted by molar-refractivity contribution is 14.1. The number of ether oxygens (including phenoxy) is 1. The molecule has 4 aromatic rings. The van der Waals surface area contributed by atoms with Crippen molar-refractivity contribution in [2.45, 2.75) is 0 Å². The number of hydrogen-bond acceptors (Lipinski definition) is 6. The van der Waals surface area contributed by atoms with Gasteiger partial charge in [0.15, 0.2) is 17.3 Å². The van der Waals surface area contributed by atoms with Crippen molar-refractivity contribution < 1.29 is 18.3 Å². The second-order valence-corrected chi connectivity index (χ2v) is 7.72. The number of nitrogen functional groups attached to an aromatic ring is 1. The van der Waals surface area contributed by atoms with Gasteiger partial charge in [0.25, 0.3) is 11.5 Å². The maximum atomic E-state index is 14.6. The molecule has 2 heterocycles. The van der Waals surface area contributed by atoms with Crippen LogP contribution in [0.25, 0.3) is 5.69 Å². The van der Waals surface area contributed by atoms with Crippen LogP contribution in [0.1, 0.15) is 10.5 Å². The van der Waals surface area contributed by atoms with E-state index < -0.39 is 28.8 Å². The zero-order valence-electron chi connectivity index (χ0n) is 16.6. The van der Waals surface area contributed by atoms with Gasteiger partial charge in [0.05, 0.1) is 3.57 Å². The third-order valence-corrected chi connectivity index (χ3v) is 5.54. The highest BCUT2D eigenvalue weighted by Gasteiger charge is 2.17. The van der Waals surface area contributed by atoms with E-state index in [2.05, 4.69) is 15.3 Å². The van der Waals surface area contributed by atoms with Crippen LogP contribution in [0.3, 0.4) is 0 Å². The second kappa shape index (κ2) is 9.32. The molecule has 3 N–H and O–H groups in total. The van der Waals surface area contributed by atoms with Crippen molar-refractivity contribution >= 4 is 40.0 Å². The van der Waals surface area contributed by atoms with E-state index in [1.165, 1.54) is 55.0 Å². The van der Waals surface area contributed by atoms with Crippen LogP contribution >= 0.6 is 22.6 Å². The van der Waals surface area contributed by atoms with Gasteiger partial charge in [0.2, 0.25) is 0 Å². The van der Waals surface area contributed by atoms with E-state index in [-0.39, 0.29) is 17.3 Å². The number of pyridine rings is 1. The SMILES string of the molecule is Nc1nccc(Oc2ccc(NC(=O)c3nccn(-c4ccc(F)cc4)c3=O)cc2F)c1I. The summed E-state index contributed by atoms with van der Waals surface area (Å²) in [6.07, 6.45) is 4.05. The minimum Gasteiger partial charge on any atom is -0.453 e. The fourth-order valence-corrected chi connectivity index (χ4v) is 3.29. The summed E-state index contributed by atoms with van der Waals surface area (Å²) < 4.78 is 35.0. The smallest absolute Gasteiger partial charge is 0.286 e. The molecule has 8 nitrogen and oxygen atoms in total. The van der Waals surface area contributed by atoms with Crippen LogP contribution in [0, 0.1) is 15.2 Å². The van der Waals surface area contributed by atoms with Gasteiger partial charge in [0.1, 0.15) is 17.4 Å². The first-order chi connectivity index (χ1) is 15.8. The van der Waals surface area contributed by atoms with Gasteiger partial charge in [-0.1, -0.05) is 0 Å². The zero-order chi connectivity index (χ0) is 23.5. The van der Waals surface area contributed by atoms with E-state index in [1.807, 2.05) is 22.6 Å². The number of nitrogens with zero attached hydrogens (tertiary/aromatic N) is 3. The number of nitrogens with two attached hydrogens (primary N) is 1. The number of benzene rings is 2. The number of rotatable bonds is 5. The normalized spacial score (nSPS) is 10.6. The molecule has 0 aliphatic carbocycles. The Morgan fingerprint density at radius 2 is 1.79 bits per heavy atom. The largest absolute Gasteiger partial charge is 0.453 e. The fraction of sp³-hybridized carbons (Fsp3) is 0. The molecule has 2 aromatic heterocycles. The molecule has 0 spiro atoms. The van der Waals surface area contributed by atoms with Crippen LogP contribution in [0.15, 0.2) is 71.9 Å². The van der Waals surface area contributed by atoms with Crippen molar-refractivity contribution in [1.82, 2.24) is 14.5 Å². The maximum absolute atomic E-state index is 14.6. The van der Waals surface area contributed by atoms with Crippen LogP contribution in [-0.2, 0) is 0 Å². The molecule has 0 saturated heterocycles. The fourth-order valence-electron chi connectivity index (χ4n) is 2.86. The van der Waals surface area contributed by atoms with Crippen LogP contribution in [0.2, 0.25) is 0 Å². The molecule has 0 unspecified atom stereocenters. The molecule has 11 heteroatoms. The number of carbonyl (C=O) groups is 1. The van der Waals surface area contributed by atoms with E-state index in [9.17, 15) is 18.4 Å². The maximum Gasteiger partial charge on any atom is 0.286 e. The number of halogens is 3. The van der Waals surface area contributed by atoms with Crippen molar-refractivity contribution in [2.75, 3.05) is 11.1 Å². The summed E-state index contributed by atoms with van der Waals surface area (Å²) in [6.45, 7) is 0. The highest BCUT2D eigenvalue weighted by atomic mass is 127. The van der Waals surface area contributed by atoms with Crippen LogP contribution in [-0.4, -0.2) is 20.4 Å². The lowest BCUT2D eigenvalue weighted by molar-refractivity contribution is 0.102. The lowest BCUT2D eigenvalue weighted by Crippen LogP contribution is -2.29. The van der Waals surface area contributed by atoms with E-state index >= 15 is 0 Å². The first-order valence-electron chi connectivity index (χ1n) is 9.36. The molecule has 0 atom stereocenters. The van der Waals surface area contributed by atoms with E-state index in [4.69, 9.17) is 10.5 Å². The first kappa shape index (κ1) is 22.3. The first-order valence-corrected chi connectivity index (χ1v) is 10.4. The summed E-state index contributed by atoms with van der Waals surface area (Å²) in [5.41, 5.74) is 5.04. The molecule has 166 valence electrons. The monoisotopic (exact) mass is 561 g/mol. The van der Waals surface area contributed by atoms with Gasteiger partial charge >= 0.3 is 0 Å². The molecule has 0 fully saturated rings. The summed E-state index contributed by atoms with van der Waals surface area (Å²) in [4.78, 5) is 33.1. The Hall–Kier alpha value is -3.87. The summed E-state index contributed by atoms with van der Waals surface area (Å²) in [6, 6.07) is 10.5. The Labute approximate surface area is 199 Å². The number of hydrogen-bond donors (Lipinski definition) is 2. The number of aromatic nitrogens is 3. The van der Waals surface area contributed by atoms with Crippen LogP contribution in [0.4, 0.5) is 20.3 Å².